The molecule has 1 aromatic heterocycles. The summed E-state index contributed by atoms with van der Waals surface area (Å²) in [5, 5.41) is 16.1. The van der Waals surface area contributed by atoms with Crippen LogP contribution in [-0.2, 0) is 17.8 Å². The van der Waals surface area contributed by atoms with Gasteiger partial charge in [0, 0.05) is 32.2 Å². The first-order chi connectivity index (χ1) is 21.3. The zero-order valence-electron chi connectivity index (χ0n) is 25.6. The average molecular weight is 616 g/mol. The molecule has 0 saturated heterocycles. The second-order valence-electron chi connectivity index (χ2n) is 10.1. The van der Waals surface area contributed by atoms with Gasteiger partial charge in [0.15, 0.2) is 5.82 Å². The van der Waals surface area contributed by atoms with Crippen molar-refractivity contribution in [3.63, 3.8) is 0 Å². The van der Waals surface area contributed by atoms with E-state index in [0.717, 1.165) is 22.4 Å². The fraction of sp³-hybridized carbons (Fsp3) is 0.235. The van der Waals surface area contributed by atoms with Crippen molar-refractivity contribution in [1.29, 1.82) is 0 Å². The fourth-order valence-corrected chi connectivity index (χ4v) is 4.67. The molecule has 1 amide bonds. The summed E-state index contributed by atoms with van der Waals surface area (Å²) in [6.07, 6.45) is 0.787. The van der Waals surface area contributed by atoms with Crippen molar-refractivity contribution in [2.24, 2.45) is 0 Å². The Kier molecular flexibility index (Phi) is 12.6. The van der Waals surface area contributed by atoms with E-state index < -0.39 is 11.8 Å². The number of para-hydroxylation sites is 1. The van der Waals surface area contributed by atoms with E-state index in [9.17, 15) is 9.59 Å². The maximum Gasteiger partial charge on any atom is 0.341 e. The number of fused-ring (bicyclic) bond motifs is 1. The zero-order valence-corrected chi connectivity index (χ0v) is 25.6. The van der Waals surface area contributed by atoms with E-state index in [1.807, 2.05) is 84.6 Å². The van der Waals surface area contributed by atoms with Crippen LogP contribution in [0.25, 0.3) is 11.0 Å². The number of benzene rings is 4. The van der Waals surface area contributed by atoms with Crippen LogP contribution < -0.4 is 4.90 Å². The van der Waals surface area contributed by atoms with Crippen molar-refractivity contribution >= 4 is 28.6 Å². The molecule has 5 rings (SSSR count). The lowest BCUT2D eigenvalue weighted by atomic mass is 10.0. The summed E-state index contributed by atoms with van der Waals surface area (Å²) in [6, 6.07) is 29.4. The summed E-state index contributed by atoms with van der Waals surface area (Å²) in [7, 11) is 1.70. The predicted molar refractivity (Wildman–Crippen MR) is 171 cm³/mol. The molecule has 4 aromatic carbocycles. The number of esters is 1. The summed E-state index contributed by atoms with van der Waals surface area (Å²) in [5.41, 5.74) is 3.49. The fourth-order valence-electron chi connectivity index (χ4n) is 4.67. The molecule has 0 unspecified atom stereocenters. The summed E-state index contributed by atoms with van der Waals surface area (Å²) in [5.74, 6) is -1.75. The van der Waals surface area contributed by atoms with Crippen LogP contribution in [0.3, 0.4) is 0 Å². The van der Waals surface area contributed by atoms with Crippen molar-refractivity contribution < 1.29 is 29.4 Å². The second-order valence-corrected chi connectivity index (χ2v) is 10.1. The van der Waals surface area contributed by atoms with Gasteiger partial charge in [-0.2, -0.15) is 0 Å². The van der Waals surface area contributed by atoms with Gasteiger partial charge < -0.3 is 25.2 Å². The molecule has 0 radical (unpaired) electrons. The van der Waals surface area contributed by atoms with Crippen LogP contribution in [0, 0.1) is 5.82 Å². The number of carbonyl (C=O) groups excluding carboxylic acids is 2. The molecule has 10 nitrogen and oxygen atoms in total. The van der Waals surface area contributed by atoms with Crippen molar-refractivity contribution in [3.05, 3.63) is 125 Å². The van der Waals surface area contributed by atoms with E-state index >= 15 is 4.39 Å². The van der Waals surface area contributed by atoms with Crippen LogP contribution in [-0.4, -0.2) is 62.8 Å². The SMILES string of the molecule is CCCN(C)C(=O)c1cc(C(=O)OCC)c(F)c(N(Cc2ccccc2)Cc2ccccc2)c1.O.On1nnc2ccccc21. The molecular weight excluding hydrogens is 577 g/mol. The van der Waals surface area contributed by atoms with E-state index in [-0.39, 0.29) is 34.8 Å². The summed E-state index contributed by atoms with van der Waals surface area (Å²) in [4.78, 5) is 29.9. The zero-order chi connectivity index (χ0) is 31.5. The monoisotopic (exact) mass is 615 g/mol. The number of amides is 1. The van der Waals surface area contributed by atoms with Gasteiger partial charge in [-0.1, -0.05) is 84.6 Å². The number of hydrogen-bond donors (Lipinski definition) is 1. The number of halogens is 1. The Labute approximate surface area is 261 Å². The molecule has 0 aliphatic heterocycles. The van der Waals surface area contributed by atoms with Gasteiger partial charge in [0.05, 0.1) is 17.9 Å². The Morgan fingerprint density at radius 1 is 0.889 bits per heavy atom. The van der Waals surface area contributed by atoms with E-state index in [1.54, 1.807) is 37.1 Å². The molecule has 0 aliphatic carbocycles. The molecule has 3 N–H and O–H groups in total. The molecule has 0 atom stereocenters. The van der Waals surface area contributed by atoms with Crippen molar-refractivity contribution in [2.45, 2.75) is 33.4 Å². The first-order valence-corrected chi connectivity index (χ1v) is 14.4. The standard InChI is InChI=1S/C28H31FN2O3.C6H5N3O.H2O/c1-4-16-30(3)27(32)23-17-24(28(33)34-5-2)26(29)25(18-23)31(19-21-12-8-6-9-13-21)20-22-14-10-7-11-15-22;10-9-6-4-2-1-3-5(6)7-8-9;/h6-15,17-18H,4-5,16,19-20H2,1-3H3;1-4,10H;1H2. The molecule has 5 aromatic rings. The maximum atomic E-state index is 15.8. The quantitative estimate of drug-likeness (QED) is 0.161. The number of nitrogens with zero attached hydrogens (tertiary/aromatic N) is 5. The average Bonchev–Trinajstić information content (AvgIpc) is 3.42. The molecule has 236 valence electrons. The van der Waals surface area contributed by atoms with Crippen LogP contribution in [0.5, 0.6) is 0 Å². The van der Waals surface area contributed by atoms with Crippen molar-refractivity contribution in [1.82, 2.24) is 20.1 Å². The third kappa shape index (κ3) is 8.87. The summed E-state index contributed by atoms with van der Waals surface area (Å²) in [6.45, 7) is 5.11. The van der Waals surface area contributed by atoms with E-state index in [2.05, 4.69) is 10.3 Å². The summed E-state index contributed by atoms with van der Waals surface area (Å²) >= 11 is 0. The van der Waals surface area contributed by atoms with Crippen LogP contribution in [0.15, 0.2) is 97.1 Å². The largest absolute Gasteiger partial charge is 0.462 e. The molecule has 0 spiro atoms. The first-order valence-electron chi connectivity index (χ1n) is 14.4. The lowest BCUT2D eigenvalue weighted by Crippen LogP contribution is -2.29. The highest BCUT2D eigenvalue weighted by molar-refractivity contribution is 5.99. The van der Waals surface area contributed by atoms with Gasteiger partial charge in [0.25, 0.3) is 5.91 Å². The molecule has 0 fully saturated rings. The van der Waals surface area contributed by atoms with Crippen LogP contribution in [0.2, 0.25) is 0 Å². The lowest BCUT2D eigenvalue weighted by Gasteiger charge is -2.27. The van der Waals surface area contributed by atoms with Gasteiger partial charge in [-0.05, 0) is 54.0 Å². The molecule has 0 bridgehead atoms. The van der Waals surface area contributed by atoms with Gasteiger partial charge >= 0.3 is 5.97 Å². The number of rotatable bonds is 10. The Morgan fingerprint density at radius 3 is 2.02 bits per heavy atom. The van der Waals surface area contributed by atoms with E-state index in [1.165, 1.54) is 6.07 Å². The van der Waals surface area contributed by atoms with Gasteiger partial charge in [0.1, 0.15) is 11.0 Å². The maximum absolute atomic E-state index is 15.8. The molecule has 0 saturated carbocycles. The Balaban J connectivity index is 0.000000421. The van der Waals surface area contributed by atoms with Crippen LogP contribution >= 0.6 is 0 Å². The smallest absolute Gasteiger partial charge is 0.341 e. The Hall–Kier alpha value is -5.29. The summed E-state index contributed by atoms with van der Waals surface area (Å²) < 4.78 is 20.9. The predicted octanol–water partition coefficient (Wildman–Crippen LogP) is 5.54. The normalized spacial score (nSPS) is 10.3. The number of ether oxygens (including phenoxy) is 1. The number of hydrogen-bond acceptors (Lipinski definition) is 7. The van der Waals surface area contributed by atoms with Gasteiger partial charge in [-0.3, -0.25) is 4.79 Å². The number of aromatic nitrogens is 3. The molecule has 11 heteroatoms. The molecular formula is C34H38FN5O5. The van der Waals surface area contributed by atoms with Crippen molar-refractivity contribution in [3.8, 4) is 0 Å². The molecule has 1 heterocycles. The van der Waals surface area contributed by atoms with Crippen molar-refractivity contribution in [2.75, 3.05) is 25.1 Å². The van der Waals surface area contributed by atoms with E-state index in [4.69, 9.17) is 9.94 Å². The number of carbonyl (C=O) groups is 2. The highest BCUT2D eigenvalue weighted by Crippen LogP contribution is 2.29. The molecule has 45 heavy (non-hydrogen) atoms. The number of anilines is 1. The Morgan fingerprint density at radius 2 is 1.47 bits per heavy atom. The minimum absolute atomic E-state index is 0. The topological polar surface area (TPSA) is 132 Å². The molecule has 0 aliphatic rings. The van der Waals surface area contributed by atoms with Gasteiger partial charge in [-0.25, -0.2) is 9.18 Å². The van der Waals surface area contributed by atoms with Gasteiger partial charge in [0.2, 0.25) is 0 Å². The highest BCUT2D eigenvalue weighted by atomic mass is 19.1. The third-order valence-corrected chi connectivity index (χ3v) is 6.81. The minimum Gasteiger partial charge on any atom is -0.462 e. The highest BCUT2D eigenvalue weighted by Gasteiger charge is 2.25. The van der Waals surface area contributed by atoms with Crippen LogP contribution in [0.4, 0.5) is 10.1 Å². The van der Waals surface area contributed by atoms with Crippen LogP contribution in [0.1, 0.15) is 52.1 Å². The van der Waals surface area contributed by atoms with Gasteiger partial charge in [-0.15, -0.1) is 5.10 Å². The minimum atomic E-state index is -0.784. The third-order valence-electron chi connectivity index (χ3n) is 6.81. The second kappa shape index (κ2) is 16.5. The lowest BCUT2D eigenvalue weighted by molar-refractivity contribution is 0.0521. The first kappa shape index (κ1) is 34.2. The van der Waals surface area contributed by atoms with E-state index in [0.29, 0.717) is 30.7 Å². The Bertz CT molecular complexity index is 1640.